The van der Waals surface area contributed by atoms with Gasteiger partial charge in [-0.25, -0.2) is 0 Å². The predicted molar refractivity (Wildman–Crippen MR) is 89.8 cm³/mol. The molecule has 0 aromatic carbocycles. The number of rotatable bonds is 3. The number of aromatic amines is 1. The van der Waals surface area contributed by atoms with Crippen molar-refractivity contribution in [2.45, 2.75) is 44.2 Å². The molecule has 0 bridgehead atoms. The smallest absolute Gasteiger partial charge is 0.272 e. The first-order valence-electron chi connectivity index (χ1n) is 8.67. The Balaban J connectivity index is 1.60. The lowest BCUT2D eigenvalue weighted by atomic mass is 9.93. The molecule has 0 unspecified atom stereocenters. The zero-order valence-corrected chi connectivity index (χ0v) is 14.5. The number of piperidine rings is 1. The molecule has 2 amide bonds. The van der Waals surface area contributed by atoms with E-state index in [0.717, 1.165) is 36.2 Å². The first-order chi connectivity index (χ1) is 12.1. The van der Waals surface area contributed by atoms with Crippen molar-refractivity contribution < 1.29 is 9.59 Å². The van der Waals surface area contributed by atoms with E-state index in [1.165, 1.54) is 0 Å². The van der Waals surface area contributed by atoms with Gasteiger partial charge in [0.15, 0.2) is 5.69 Å². The van der Waals surface area contributed by atoms with Gasteiger partial charge >= 0.3 is 0 Å². The number of likely N-dealkylation sites (tertiary alicyclic amines) is 1. The third-order valence-electron chi connectivity index (χ3n) is 5.36. The highest BCUT2D eigenvalue weighted by atomic mass is 16.2. The average Bonchev–Trinajstić information content (AvgIpc) is 3.28. The number of aromatic nitrogens is 4. The lowest BCUT2D eigenvalue weighted by Crippen LogP contribution is -2.51. The van der Waals surface area contributed by atoms with E-state index in [4.69, 9.17) is 0 Å². The quantitative estimate of drug-likeness (QED) is 0.859. The van der Waals surface area contributed by atoms with Crippen molar-refractivity contribution in [2.75, 3.05) is 7.05 Å². The van der Waals surface area contributed by atoms with Crippen LogP contribution in [0.4, 0.5) is 0 Å². The highest BCUT2D eigenvalue weighted by molar-refractivity contribution is 5.94. The third-order valence-corrected chi connectivity index (χ3v) is 5.36. The molecule has 1 fully saturated rings. The second-order valence-corrected chi connectivity index (χ2v) is 6.83. The van der Waals surface area contributed by atoms with Crippen LogP contribution in [0.1, 0.15) is 52.7 Å². The third kappa shape index (κ3) is 2.61. The molecule has 8 nitrogen and oxygen atoms in total. The summed E-state index contributed by atoms with van der Waals surface area (Å²) in [5, 5.41) is 14.5. The molecule has 0 spiro atoms. The number of amides is 2. The van der Waals surface area contributed by atoms with Crippen LogP contribution in [0, 0.1) is 0 Å². The number of carbonyl (C=O) groups is 2. The van der Waals surface area contributed by atoms with Gasteiger partial charge in [-0.2, -0.15) is 10.2 Å². The Morgan fingerprint density at radius 2 is 2.16 bits per heavy atom. The SMILES string of the molecule is CN1C(=O)CC[C@@H](NC(=O)c2n[nH]c3c2CCC3)[C@@H]1c1ccnn1C. The van der Waals surface area contributed by atoms with Gasteiger partial charge in [-0.15, -0.1) is 0 Å². The second kappa shape index (κ2) is 6.02. The minimum Gasteiger partial charge on any atom is -0.345 e. The summed E-state index contributed by atoms with van der Waals surface area (Å²) >= 11 is 0. The van der Waals surface area contributed by atoms with Gasteiger partial charge in [0.05, 0.1) is 17.8 Å². The van der Waals surface area contributed by atoms with E-state index in [9.17, 15) is 9.59 Å². The van der Waals surface area contributed by atoms with Crippen LogP contribution >= 0.6 is 0 Å². The average molecular weight is 342 g/mol. The molecule has 2 aromatic heterocycles. The summed E-state index contributed by atoms with van der Waals surface area (Å²) in [4.78, 5) is 26.7. The number of H-pyrrole nitrogens is 1. The molecular formula is C17H22N6O2. The van der Waals surface area contributed by atoms with E-state index in [0.29, 0.717) is 18.5 Å². The number of hydrogen-bond donors (Lipinski definition) is 2. The largest absolute Gasteiger partial charge is 0.345 e. The van der Waals surface area contributed by atoms with Crippen molar-refractivity contribution in [2.24, 2.45) is 7.05 Å². The van der Waals surface area contributed by atoms with Crippen molar-refractivity contribution in [3.8, 4) is 0 Å². The minimum atomic E-state index is -0.232. The van der Waals surface area contributed by atoms with Gasteiger partial charge in [0.1, 0.15) is 0 Å². The number of likely N-dealkylation sites (N-methyl/N-ethyl adjacent to an activating group) is 1. The first-order valence-corrected chi connectivity index (χ1v) is 8.67. The summed E-state index contributed by atoms with van der Waals surface area (Å²) in [5.74, 6) is -0.0864. The molecule has 2 atom stereocenters. The maximum Gasteiger partial charge on any atom is 0.272 e. The summed E-state index contributed by atoms with van der Waals surface area (Å²) in [5.41, 5.74) is 3.52. The molecule has 1 aliphatic heterocycles. The van der Waals surface area contributed by atoms with Crippen molar-refractivity contribution in [3.63, 3.8) is 0 Å². The van der Waals surface area contributed by atoms with Crippen LogP contribution in [-0.2, 0) is 24.7 Å². The van der Waals surface area contributed by atoms with E-state index in [1.54, 1.807) is 22.8 Å². The molecule has 8 heteroatoms. The number of nitrogens with one attached hydrogen (secondary N) is 2. The summed E-state index contributed by atoms with van der Waals surface area (Å²) in [6.45, 7) is 0. The van der Waals surface area contributed by atoms with Crippen LogP contribution in [0.3, 0.4) is 0 Å². The van der Waals surface area contributed by atoms with Gasteiger partial charge in [0.25, 0.3) is 5.91 Å². The van der Waals surface area contributed by atoms with Gasteiger partial charge in [-0.05, 0) is 31.7 Å². The van der Waals surface area contributed by atoms with E-state index in [2.05, 4.69) is 20.6 Å². The molecule has 2 aromatic rings. The lowest BCUT2D eigenvalue weighted by Gasteiger charge is -2.39. The summed E-state index contributed by atoms with van der Waals surface area (Å²) in [6.07, 6.45) is 5.65. The number of hydrogen-bond acceptors (Lipinski definition) is 4. The molecule has 1 saturated heterocycles. The van der Waals surface area contributed by atoms with Gasteiger partial charge in [-0.1, -0.05) is 0 Å². The Labute approximate surface area is 145 Å². The zero-order chi connectivity index (χ0) is 17.6. The highest BCUT2D eigenvalue weighted by Gasteiger charge is 2.38. The number of fused-ring (bicyclic) bond motifs is 1. The van der Waals surface area contributed by atoms with Gasteiger partial charge in [0.2, 0.25) is 5.91 Å². The van der Waals surface area contributed by atoms with Crippen LogP contribution in [-0.4, -0.2) is 49.8 Å². The molecule has 0 saturated carbocycles. The fourth-order valence-corrected chi connectivity index (χ4v) is 4.01. The Kier molecular flexibility index (Phi) is 3.82. The summed E-state index contributed by atoms with van der Waals surface area (Å²) in [7, 11) is 3.63. The Morgan fingerprint density at radius 1 is 1.32 bits per heavy atom. The van der Waals surface area contributed by atoms with Gasteiger partial charge in [-0.3, -0.25) is 19.4 Å². The van der Waals surface area contributed by atoms with Crippen molar-refractivity contribution in [1.29, 1.82) is 0 Å². The Morgan fingerprint density at radius 3 is 2.92 bits per heavy atom. The zero-order valence-electron chi connectivity index (χ0n) is 14.5. The molecule has 25 heavy (non-hydrogen) atoms. The fourth-order valence-electron chi connectivity index (χ4n) is 4.01. The van der Waals surface area contributed by atoms with E-state index in [-0.39, 0.29) is 23.9 Å². The summed E-state index contributed by atoms with van der Waals surface area (Å²) in [6, 6.07) is 1.49. The van der Waals surface area contributed by atoms with E-state index < -0.39 is 0 Å². The van der Waals surface area contributed by atoms with Crippen molar-refractivity contribution >= 4 is 11.8 Å². The Hall–Kier alpha value is -2.64. The molecular weight excluding hydrogens is 320 g/mol. The molecule has 3 heterocycles. The van der Waals surface area contributed by atoms with Crippen molar-refractivity contribution in [3.05, 3.63) is 34.9 Å². The highest BCUT2D eigenvalue weighted by Crippen LogP contribution is 2.31. The monoisotopic (exact) mass is 342 g/mol. The topological polar surface area (TPSA) is 95.9 Å². The number of aryl methyl sites for hydroxylation is 2. The minimum absolute atomic E-state index is 0.0809. The van der Waals surface area contributed by atoms with Crippen LogP contribution in [0.15, 0.2) is 12.3 Å². The molecule has 0 radical (unpaired) electrons. The summed E-state index contributed by atoms with van der Waals surface area (Å²) < 4.78 is 1.76. The van der Waals surface area contributed by atoms with Crippen LogP contribution in [0.5, 0.6) is 0 Å². The molecule has 1 aliphatic carbocycles. The maximum atomic E-state index is 12.8. The lowest BCUT2D eigenvalue weighted by molar-refractivity contribution is -0.136. The van der Waals surface area contributed by atoms with E-state index in [1.807, 2.05) is 13.1 Å². The van der Waals surface area contributed by atoms with Crippen molar-refractivity contribution in [1.82, 2.24) is 30.2 Å². The molecule has 4 rings (SSSR count). The standard InChI is InChI=1S/C17H22N6O2/c1-22-14(24)7-6-12(16(22)13-8-9-18-23(13)2)19-17(25)15-10-4-3-5-11(10)20-21-15/h8-9,12,16H,3-7H2,1-2H3,(H,19,25)(H,20,21)/t12-,16-/m1/s1. The first kappa shape index (κ1) is 15.9. The van der Waals surface area contributed by atoms with Crippen LogP contribution < -0.4 is 5.32 Å². The molecule has 2 N–H and O–H groups in total. The normalized spacial score (nSPS) is 23.0. The van der Waals surface area contributed by atoms with E-state index >= 15 is 0 Å². The molecule has 132 valence electrons. The maximum absolute atomic E-state index is 12.8. The van der Waals surface area contributed by atoms with Gasteiger partial charge < -0.3 is 10.2 Å². The van der Waals surface area contributed by atoms with Gasteiger partial charge in [0, 0.05) is 38.0 Å². The fraction of sp³-hybridized carbons (Fsp3) is 0.529. The second-order valence-electron chi connectivity index (χ2n) is 6.83. The predicted octanol–water partition coefficient (Wildman–Crippen LogP) is 0.724. The Bertz CT molecular complexity index is 823. The number of carbonyl (C=O) groups excluding carboxylic acids is 2. The molecule has 2 aliphatic rings. The van der Waals surface area contributed by atoms with Crippen LogP contribution in [0.25, 0.3) is 0 Å². The number of nitrogens with zero attached hydrogens (tertiary/aromatic N) is 4. The van der Waals surface area contributed by atoms with Crippen LogP contribution in [0.2, 0.25) is 0 Å².